The molecule has 3 nitrogen and oxygen atoms in total. The number of quaternary nitrogens is 1. The molecular formula is C12H15N2O+. The van der Waals surface area contributed by atoms with E-state index in [1.165, 1.54) is 5.56 Å². The van der Waals surface area contributed by atoms with Crippen LogP contribution in [0.25, 0.3) is 0 Å². The summed E-state index contributed by atoms with van der Waals surface area (Å²) in [7, 11) is 2.15. The molecule has 2 aliphatic rings. The van der Waals surface area contributed by atoms with Crippen LogP contribution in [0.1, 0.15) is 22.3 Å². The molecule has 78 valence electrons. The number of benzene rings is 1. The first kappa shape index (κ1) is 8.92. The molecule has 3 rings (SSSR count). The van der Waals surface area contributed by atoms with Crippen molar-refractivity contribution in [1.82, 2.24) is 5.01 Å². The molecule has 15 heavy (non-hydrogen) atoms. The number of hydrogen-bond donors (Lipinski definition) is 0. The zero-order valence-corrected chi connectivity index (χ0v) is 8.94. The Kier molecular flexibility index (Phi) is 1.68. The number of carbonyl (C=O) groups excluding carboxylic acids is 1. The fourth-order valence-electron chi connectivity index (χ4n) is 2.78. The molecule has 0 spiro atoms. The first-order valence-corrected chi connectivity index (χ1v) is 5.45. The lowest BCUT2D eigenvalue weighted by molar-refractivity contribution is -1.01. The summed E-state index contributed by atoms with van der Waals surface area (Å²) < 4.78 is 0.774. The van der Waals surface area contributed by atoms with Crippen LogP contribution in [0.4, 0.5) is 0 Å². The van der Waals surface area contributed by atoms with Crippen LogP contribution in [0.2, 0.25) is 0 Å². The molecule has 1 aromatic rings. The van der Waals surface area contributed by atoms with Gasteiger partial charge in [-0.15, -0.1) is 0 Å². The number of hydrogen-bond acceptors (Lipinski definition) is 1. The van der Waals surface area contributed by atoms with Gasteiger partial charge in [0.05, 0.1) is 19.2 Å². The predicted molar refractivity (Wildman–Crippen MR) is 56.9 cm³/mol. The number of fused-ring (bicyclic) bond motifs is 2. The van der Waals surface area contributed by atoms with Gasteiger partial charge in [-0.1, -0.05) is 18.2 Å². The normalized spacial score (nSPS) is 28.9. The summed E-state index contributed by atoms with van der Waals surface area (Å²) >= 11 is 0. The third-order valence-corrected chi connectivity index (χ3v) is 3.59. The second-order valence-electron chi connectivity index (χ2n) is 4.66. The van der Waals surface area contributed by atoms with Crippen molar-refractivity contribution in [3.05, 3.63) is 35.4 Å². The zero-order chi connectivity index (χ0) is 10.5. The van der Waals surface area contributed by atoms with E-state index in [0.29, 0.717) is 0 Å². The molecule has 1 unspecified atom stereocenters. The fraction of sp³-hybridized carbons (Fsp3) is 0.417. The number of nitrogens with zero attached hydrogens (tertiary/aromatic N) is 2. The molecule has 1 amide bonds. The van der Waals surface area contributed by atoms with E-state index in [-0.39, 0.29) is 5.91 Å². The Morgan fingerprint density at radius 3 is 3.00 bits per heavy atom. The monoisotopic (exact) mass is 203 g/mol. The third kappa shape index (κ3) is 1.13. The van der Waals surface area contributed by atoms with Crippen LogP contribution < -0.4 is 0 Å². The van der Waals surface area contributed by atoms with Gasteiger partial charge >= 0.3 is 0 Å². The van der Waals surface area contributed by atoms with Crippen molar-refractivity contribution in [2.75, 3.05) is 20.1 Å². The second-order valence-corrected chi connectivity index (χ2v) is 4.66. The molecular weight excluding hydrogens is 188 g/mol. The lowest BCUT2D eigenvalue weighted by Crippen LogP contribution is -2.57. The highest BCUT2D eigenvalue weighted by Crippen LogP contribution is 2.31. The third-order valence-electron chi connectivity index (χ3n) is 3.59. The number of amides is 1. The van der Waals surface area contributed by atoms with Gasteiger partial charge in [-0.05, 0) is 6.07 Å². The molecule has 0 N–H and O–H groups in total. The predicted octanol–water partition coefficient (Wildman–Crippen LogP) is 1.41. The average Bonchev–Trinajstić information content (AvgIpc) is 2.60. The Hall–Kier alpha value is -1.35. The van der Waals surface area contributed by atoms with Crippen LogP contribution in [0, 0.1) is 0 Å². The van der Waals surface area contributed by atoms with Crippen molar-refractivity contribution >= 4 is 5.91 Å². The van der Waals surface area contributed by atoms with Gasteiger partial charge in [0, 0.05) is 12.0 Å². The minimum Gasteiger partial charge on any atom is -0.264 e. The molecule has 2 aliphatic heterocycles. The van der Waals surface area contributed by atoms with E-state index in [9.17, 15) is 4.79 Å². The number of carbonyl (C=O) groups is 1. The highest BCUT2D eigenvalue weighted by molar-refractivity contribution is 5.95. The Morgan fingerprint density at radius 1 is 1.33 bits per heavy atom. The summed E-state index contributed by atoms with van der Waals surface area (Å²) in [5.74, 6) is 0.205. The molecule has 1 atom stereocenters. The quantitative estimate of drug-likeness (QED) is 0.584. The topological polar surface area (TPSA) is 20.3 Å². The average molecular weight is 203 g/mol. The fourth-order valence-corrected chi connectivity index (χ4v) is 2.78. The van der Waals surface area contributed by atoms with Gasteiger partial charge in [-0.2, -0.15) is 5.01 Å². The van der Waals surface area contributed by atoms with Gasteiger partial charge in [0.2, 0.25) is 0 Å². The van der Waals surface area contributed by atoms with Crippen molar-refractivity contribution < 1.29 is 9.39 Å². The van der Waals surface area contributed by atoms with Crippen LogP contribution in [0.5, 0.6) is 0 Å². The van der Waals surface area contributed by atoms with Crippen molar-refractivity contribution in [1.29, 1.82) is 0 Å². The highest BCUT2D eigenvalue weighted by atomic mass is 16.2. The molecule has 0 aliphatic carbocycles. The minimum atomic E-state index is 0.205. The summed E-state index contributed by atoms with van der Waals surface area (Å²) in [6.45, 7) is 2.95. The minimum absolute atomic E-state index is 0.205. The molecule has 1 aromatic carbocycles. The SMILES string of the molecule is C[N+]12CCCN1C(=O)c1ccccc1C2. The van der Waals surface area contributed by atoms with E-state index < -0.39 is 0 Å². The zero-order valence-electron chi connectivity index (χ0n) is 8.94. The van der Waals surface area contributed by atoms with E-state index in [4.69, 9.17) is 0 Å². The molecule has 3 heteroatoms. The molecule has 0 aromatic heterocycles. The van der Waals surface area contributed by atoms with E-state index in [1.807, 2.05) is 23.2 Å². The van der Waals surface area contributed by atoms with Crippen LogP contribution >= 0.6 is 0 Å². The molecule has 2 heterocycles. The van der Waals surface area contributed by atoms with E-state index in [2.05, 4.69) is 13.1 Å². The van der Waals surface area contributed by atoms with E-state index in [1.54, 1.807) is 0 Å². The Morgan fingerprint density at radius 2 is 2.13 bits per heavy atom. The van der Waals surface area contributed by atoms with E-state index >= 15 is 0 Å². The van der Waals surface area contributed by atoms with Crippen molar-refractivity contribution in [2.45, 2.75) is 13.0 Å². The van der Waals surface area contributed by atoms with Gasteiger partial charge in [0.1, 0.15) is 13.1 Å². The summed E-state index contributed by atoms with van der Waals surface area (Å²) in [6, 6.07) is 7.98. The second kappa shape index (κ2) is 2.83. The molecule has 0 saturated carbocycles. The van der Waals surface area contributed by atoms with Crippen molar-refractivity contribution in [2.24, 2.45) is 0 Å². The van der Waals surface area contributed by atoms with E-state index in [0.717, 1.165) is 36.2 Å². The largest absolute Gasteiger partial charge is 0.299 e. The molecule has 0 bridgehead atoms. The molecule has 1 fully saturated rings. The van der Waals surface area contributed by atoms with Gasteiger partial charge in [0.15, 0.2) is 0 Å². The first-order valence-electron chi connectivity index (χ1n) is 5.45. The van der Waals surface area contributed by atoms with Gasteiger partial charge in [-0.25, -0.2) is 4.59 Å². The highest BCUT2D eigenvalue weighted by Gasteiger charge is 2.44. The lowest BCUT2D eigenvalue weighted by atomic mass is 10.0. The maximum atomic E-state index is 12.2. The molecule has 0 radical (unpaired) electrons. The summed E-state index contributed by atoms with van der Waals surface area (Å²) in [5, 5.41) is 2.00. The Balaban J connectivity index is 2.13. The summed E-state index contributed by atoms with van der Waals surface area (Å²) in [5.41, 5.74) is 2.10. The first-order chi connectivity index (χ1) is 7.21. The number of rotatable bonds is 0. The van der Waals surface area contributed by atoms with Crippen molar-refractivity contribution in [3.8, 4) is 0 Å². The van der Waals surface area contributed by atoms with Gasteiger partial charge < -0.3 is 0 Å². The standard InChI is InChI=1S/C12H15N2O/c1-14-8-4-7-13(14)12(15)11-6-3-2-5-10(11)9-14/h2-3,5-6H,4,7-9H2,1H3/q+1. The Bertz CT molecular complexity index is 429. The van der Waals surface area contributed by atoms with Gasteiger partial charge in [-0.3, -0.25) is 4.79 Å². The van der Waals surface area contributed by atoms with Crippen LogP contribution in [-0.2, 0) is 6.54 Å². The molecule has 1 saturated heterocycles. The van der Waals surface area contributed by atoms with Crippen LogP contribution in [0.15, 0.2) is 24.3 Å². The van der Waals surface area contributed by atoms with Crippen LogP contribution in [-0.4, -0.2) is 35.6 Å². The Labute approximate surface area is 89.5 Å². The van der Waals surface area contributed by atoms with Gasteiger partial charge in [0.25, 0.3) is 5.91 Å². The maximum absolute atomic E-state index is 12.2. The maximum Gasteiger partial charge on any atom is 0.299 e. The lowest BCUT2D eigenvalue weighted by Gasteiger charge is -2.40. The smallest absolute Gasteiger partial charge is 0.264 e. The van der Waals surface area contributed by atoms with Crippen LogP contribution in [0.3, 0.4) is 0 Å². The summed E-state index contributed by atoms with van der Waals surface area (Å²) in [4.78, 5) is 12.2. The summed E-state index contributed by atoms with van der Waals surface area (Å²) in [6.07, 6.45) is 1.12. The van der Waals surface area contributed by atoms with Crippen molar-refractivity contribution in [3.63, 3.8) is 0 Å².